The monoisotopic (exact) mass is 268 g/mol. The van der Waals surface area contributed by atoms with Crippen molar-refractivity contribution in [3.05, 3.63) is 52.9 Å². The van der Waals surface area contributed by atoms with Crippen molar-refractivity contribution in [2.75, 3.05) is 6.61 Å². The number of carbonyl (C=O) groups is 1. The normalized spacial score (nSPS) is 9.44. The van der Waals surface area contributed by atoms with Crippen molar-refractivity contribution in [2.24, 2.45) is 0 Å². The highest BCUT2D eigenvalue weighted by Crippen LogP contribution is 2.23. The number of rotatable bonds is 3. The third kappa shape index (κ3) is 4.61. The van der Waals surface area contributed by atoms with Crippen LogP contribution in [0.1, 0.15) is 16.1 Å². The van der Waals surface area contributed by atoms with E-state index in [1.807, 2.05) is 0 Å². The standard InChI is InChI=1S/C8H9ClO2.C5H4O2/c9-7-5-6(3-4-10)1-2-8(7)11;6-4-5-2-1-3-7-5/h1-2,5,10-11H,3-4H2;1-4H. The van der Waals surface area contributed by atoms with Gasteiger partial charge in [-0.1, -0.05) is 17.7 Å². The largest absolute Gasteiger partial charge is 0.506 e. The second kappa shape index (κ2) is 7.53. The van der Waals surface area contributed by atoms with Crippen LogP contribution in [0.5, 0.6) is 5.75 Å². The van der Waals surface area contributed by atoms with E-state index >= 15 is 0 Å². The van der Waals surface area contributed by atoms with Crippen LogP contribution in [0.4, 0.5) is 0 Å². The predicted molar refractivity (Wildman–Crippen MR) is 68.0 cm³/mol. The van der Waals surface area contributed by atoms with Gasteiger partial charge in [0, 0.05) is 6.61 Å². The van der Waals surface area contributed by atoms with Gasteiger partial charge in [0.1, 0.15) is 5.75 Å². The SMILES string of the molecule is O=Cc1ccco1.OCCc1ccc(O)c(Cl)c1. The summed E-state index contributed by atoms with van der Waals surface area (Å²) in [6, 6.07) is 8.18. The van der Waals surface area contributed by atoms with Gasteiger partial charge in [0.2, 0.25) is 0 Å². The molecule has 2 N–H and O–H groups in total. The zero-order valence-electron chi connectivity index (χ0n) is 9.54. The molecule has 5 heteroatoms. The molecule has 2 rings (SSSR count). The van der Waals surface area contributed by atoms with E-state index in [9.17, 15) is 4.79 Å². The summed E-state index contributed by atoms with van der Waals surface area (Å²) < 4.78 is 4.61. The van der Waals surface area contributed by atoms with Crippen LogP contribution in [0.15, 0.2) is 41.0 Å². The number of phenolic OH excluding ortho intramolecular Hbond substituents is 1. The summed E-state index contributed by atoms with van der Waals surface area (Å²) in [5.41, 5.74) is 0.926. The van der Waals surface area contributed by atoms with Crippen LogP contribution < -0.4 is 0 Å². The van der Waals surface area contributed by atoms with E-state index in [-0.39, 0.29) is 12.4 Å². The molecule has 0 aliphatic rings. The van der Waals surface area contributed by atoms with Crippen molar-refractivity contribution in [1.82, 2.24) is 0 Å². The van der Waals surface area contributed by atoms with Crippen molar-refractivity contribution in [3.8, 4) is 5.75 Å². The fourth-order valence-electron chi connectivity index (χ4n) is 1.19. The lowest BCUT2D eigenvalue weighted by Crippen LogP contribution is -1.89. The first kappa shape index (κ1) is 14.3. The van der Waals surface area contributed by atoms with Crippen LogP contribution in [-0.4, -0.2) is 23.1 Å². The molecule has 1 aromatic carbocycles. The van der Waals surface area contributed by atoms with Crippen molar-refractivity contribution < 1.29 is 19.4 Å². The molecule has 0 bridgehead atoms. The van der Waals surface area contributed by atoms with Gasteiger partial charge in [-0.05, 0) is 36.2 Å². The molecule has 4 nitrogen and oxygen atoms in total. The van der Waals surface area contributed by atoms with Gasteiger partial charge in [-0.2, -0.15) is 0 Å². The maximum Gasteiger partial charge on any atom is 0.185 e. The highest BCUT2D eigenvalue weighted by molar-refractivity contribution is 6.32. The minimum absolute atomic E-state index is 0.0772. The fourth-order valence-corrected chi connectivity index (χ4v) is 1.40. The number of aliphatic hydroxyl groups is 1. The Balaban J connectivity index is 0.000000199. The van der Waals surface area contributed by atoms with Gasteiger partial charge in [0.05, 0.1) is 11.3 Å². The van der Waals surface area contributed by atoms with Crippen LogP contribution in [0, 0.1) is 0 Å². The first-order chi connectivity index (χ1) is 8.67. The summed E-state index contributed by atoms with van der Waals surface area (Å²) in [6.45, 7) is 0.0983. The van der Waals surface area contributed by atoms with E-state index in [0.717, 1.165) is 5.56 Å². The highest BCUT2D eigenvalue weighted by atomic mass is 35.5. The molecule has 0 amide bonds. The zero-order valence-corrected chi connectivity index (χ0v) is 10.3. The van der Waals surface area contributed by atoms with Crippen LogP contribution in [0.3, 0.4) is 0 Å². The van der Waals surface area contributed by atoms with Crippen molar-refractivity contribution in [1.29, 1.82) is 0 Å². The molecule has 0 unspecified atom stereocenters. The molecule has 1 heterocycles. The quantitative estimate of drug-likeness (QED) is 0.840. The molecule has 0 aliphatic carbocycles. The van der Waals surface area contributed by atoms with Crippen LogP contribution in [-0.2, 0) is 6.42 Å². The smallest absolute Gasteiger partial charge is 0.185 e. The number of aromatic hydroxyl groups is 1. The second-order valence-corrected chi connectivity index (χ2v) is 3.80. The maximum atomic E-state index is 9.77. The number of aldehydes is 1. The molecule has 18 heavy (non-hydrogen) atoms. The van der Waals surface area contributed by atoms with Crippen molar-refractivity contribution >= 4 is 17.9 Å². The van der Waals surface area contributed by atoms with E-state index < -0.39 is 0 Å². The molecule has 2 aromatic rings. The number of hydrogen-bond donors (Lipinski definition) is 2. The lowest BCUT2D eigenvalue weighted by Gasteiger charge is -1.99. The van der Waals surface area contributed by atoms with Gasteiger partial charge in [-0.25, -0.2) is 0 Å². The first-order valence-electron chi connectivity index (χ1n) is 5.24. The summed E-state index contributed by atoms with van der Waals surface area (Å²) in [7, 11) is 0. The minimum Gasteiger partial charge on any atom is -0.506 e. The zero-order chi connectivity index (χ0) is 13.4. The Hall–Kier alpha value is -1.78. The lowest BCUT2D eigenvalue weighted by atomic mass is 10.1. The minimum atomic E-state index is 0.0772. The number of benzene rings is 1. The molecular weight excluding hydrogens is 256 g/mol. The fraction of sp³-hybridized carbons (Fsp3) is 0.154. The van der Waals surface area contributed by atoms with Gasteiger partial charge in [0.15, 0.2) is 12.0 Å². The van der Waals surface area contributed by atoms with Crippen LogP contribution >= 0.6 is 11.6 Å². The molecule has 0 saturated carbocycles. The highest BCUT2D eigenvalue weighted by Gasteiger charge is 1.98. The molecule has 96 valence electrons. The average molecular weight is 269 g/mol. The molecule has 0 atom stereocenters. The van der Waals surface area contributed by atoms with Crippen LogP contribution in [0.2, 0.25) is 5.02 Å². The topological polar surface area (TPSA) is 70.7 Å². The van der Waals surface area contributed by atoms with Gasteiger partial charge in [0.25, 0.3) is 0 Å². The maximum absolute atomic E-state index is 9.77. The summed E-state index contributed by atoms with van der Waals surface area (Å²) in [6.07, 6.45) is 2.70. The molecule has 0 radical (unpaired) electrons. The third-order valence-corrected chi connectivity index (χ3v) is 2.37. The summed E-state index contributed by atoms with van der Waals surface area (Å²) >= 11 is 5.62. The number of furan rings is 1. The van der Waals surface area contributed by atoms with Crippen molar-refractivity contribution in [3.63, 3.8) is 0 Å². The molecule has 0 spiro atoms. The van der Waals surface area contributed by atoms with Crippen molar-refractivity contribution in [2.45, 2.75) is 6.42 Å². The molecule has 1 aromatic heterocycles. The molecular formula is C13H13ClO4. The average Bonchev–Trinajstić information content (AvgIpc) is 2.88. The first-order valence-corrected chi connectivity index (χ1v) is 5.62. The molecule has 0 aliphatic heterocycles. The third-order valence-electron chi connectivity index (χ3n) is 2.07. The Morgan fingerprint density at radius 3 is 2.56 bits per heavy atom. The number of hydrogen-bond acceptors (Lipinski definition) is 4. The van der Waals surface area contributed by atoms with E-state index in [4.69, 9.17) is 21.8 Å². The predicted octanol–water partition coefficient (Wildman–Crippen LogP) is 2.67. The van der Waals surface area contributed by atoms with E-state index in [0.29, 0.717) is 23.5 Å². The molecule has 0 fully saturated rings. The Morgan fingerprint density at radius 2 is 2.11 bits per heavy atom. The molecule has 0 saturated heterocycles. The number of carbonyl (C=O) groups excluding carboxylic acids is 1. The van der Waals surface area contributed by atoms with E-state index in [1.54, 1.807) is 24.3 Å². The second-order valence-electron chi connectivity index (χ2n) is 3.39. The summed E-state index contributed by atoms with van der Waals surface area (Å²) in [5, 5.41) is 17.9. The van der Waals surface area contributed by atoms with E-state index in [2.05, 4.69) is 4.42 Å². The number of aliphatic hydroxyl groups excluding tert-OH is 1. The van der Waals surface area contributed by atoms with Gasteiger partial charge in [-0.3, -0.25) is 4.79 Å². The Morgan fingerprint density at radius 1 is 1.33 bits per heavy atom. The Kier molecular flexibility index (Phi) is 5.97. The Bertz CT molecular complexity index is 480. The lowest BCUT2D eigenvalue weighted by molar-refractivity contribution is 0.110. The number of halogens is 1. The number of phenols is 1. The van der Waals surface area contributed by atoms with Gasteiger partial charge >= 0.3 is 0 Å². The van der Waals surface area contributed by atoms with E-state index in [1.165, 1.54) is 12.3 Å². The summed E-state index contributed by atoms with van der Waals surface area (Å²) in [4.78, 5) is 9.77. The summed E-state index contributed by atoms with van der Waals surface area (Å²) in [5.74, 6) is 0.452. The van der Waals surface area contributed by atoms with Gasteiger partial charge < -0.3 is 14.6 Å². The van der Waals surface area contributed by atoms with Crippen LogP contribution in [0.25, 0.3) is 0 Å². The van der Waals surface area contributed by atoms with Gasteiger partial charge in [-0.15, -0.1) is 0 Å². The Labute approximate surface area is 109 Å².